The Morgan fingerprint density at radius 1 is 1.16 bits per heavy atom. The van der Waals surface area contributed by atoms with Crippen LogP contribution in [-0.2, 0) is 4.79 Å². The second-order valence-electron chi connectivity index (χ2n) is 5.95. The van der Waals surface area contributed by atoms with Gasteiger partial charge in [-0.3, -0.25) is 4.79 Å². The number of halogens is 1. The van der Waals surface area contributed by atoms with Crippen LogP contribution in [0.1, 0.15) is 27.7 Å². The van der Waals surface area contributed by atoms with Gasteiger partial charge in [0.2, 0.25) is 5.91 Å². The second kappa shape index (κ2) is 11.3. The van der Waals surface area contributed by atoms with E-state index < -0.39 is 0 Å². The van der Waals surface area contributed by atoms with Crippen molar-refractivity contribution in [2.75, 3.05) is 26.2 Å². The van der Waals surface area contributed by atoms with Crippen LogP contribution < -0.4 is 20.7 Å². The van der Waals surface area contributed by atoms with Crippen LogP contribution in [0, 0.1) is 11.7 Å². The fraction of sp³-hybridized carbons (Fsp3) is 0.556. The van der Waals surface area contributed by atoms with Crippen LogP contribution in [-0.4, -0.2) is 44.1 Å². The summed E-state index contributed by atoms with van der Waals surface area (Å²) in [5.74, 6) is 0.461. The Morgan fingerprint density at radius 2 is 1.84 bits per heavy atom. The molecule has 0 fully saturated rings. The highest BCUT2D eigenvalue weighted by atomic mass is 19.1. The largest absolute Gasteiger partial charge is 0.486 e. The maximum absolute atomic E-state index is 13.6. The molecule has 1 aromatic carbocycles. The predicted molar refractivity (Wildman–Crippen MR) is 98.3 cm³/mol. The number of carbonyl (C=O) groups is 1. The average Bonchev–Trinajstić information content (AvgIpc) is 2.58. The van der Waals surface area contributed by atoms with Gasteiger partial charge in [0, 0.05) is 25.6 Å². The SMILES string of the molecule is CCNC(=NCC(C)Oc1ccccc1F)NCCNC(=O)C(C)C. The van der Waals surface area contributed by atoms with Gasteiger partial charge in [-0.2, -0.15) is 0 Å². The molecule has 0 spiro atoms. The third-order valence-corrected chi connectivity index (χ3v) is 3.26. The van der Waals surface area contributed by atoms with E-state index in [-0.39, 0.29) is 29.5 Å². The van der Waals surface area contributed by atoms with E-state index in [0.29, 0.717) is 32.1 Å². The lowest BCUT2D eigenvalue weighted by atomic mass is 10.2. The molecule has 0 aromatic heterocycles. The third kappa shape index (κ3) is 8.37. The fourth-order valence-corrected chi connectivity index (χ4v) is 1.93. The zero-order chi connectivity index (χ0) is 18.7. The molecule has 0 radical (unpaired) electrons. The molecule has 25 heavy (non-hydrogen) atoms. The summed E-state index contributed by atoms with van der Waals surface area (Å²) in [7, 11) is 0. The third-order valence-electron chi connectivity index (χ3n) is 3.26. The van der Waals surface area contributed by atoms with Crippen LogP contribution in [0.2, 0.25) is 0 Å². The first-order chi connectivity index (χ1) is 11.9. The molecular formula is C18H29FN4O2. The van der Waals surface area contributed by atoms with E-state index in [9.17, 15) is 9.18 Å². The number of nitrogens with one attached hydrogen (secondary N) is 3. The molecule has 1 aromatic rings. The van der Waals surface area contributed by atoms with Gasteiger partial charge in [-0.1, -0.05) is 26.0 Å². The molecule has 3 N–H and O–H groups in total. The molecule has 0 aliphatic heterocycles. The molecule has 1 rings (SSSR count). The Hall–Kier alpha value is -2.31. The first kappa shape index (κ1) is 20.7. The highest BCUT2D eigenvalue weighted by molar-refractivity contribution is 5.80. The van der Waals surface area contributed by atoms with Gasteiger partial charge >= 0.3 is 0 Å². The number of carbonyl (C=O) groups excluding carboxylic acids is 1. The van der Waals surface area contributed by atoms with Crippen molar-refractivity contribution >= 4 is 11.9 Å². The van der Waals surface area contributed by atoms with E-state index in [4.69, 9.17) is 4.74 Å². The van der Waals surface area contributed by atoms with Gasteiger partial charge in [0.05, 0.1) is 6.54 Å². The van der Waals surface area contributed by atoms with Crippen molar-refractivity contribution < 1.29 is 13.9 Å². The van der Waals surface area contributed by atoms with Crippen LogP contribution in [0.3, 0.4) is 0 Å². The minimum atomic E-state index is -0.385. The van der Waals surface area contributed by atoms with Crippen LogP contribution >= 0.6 is 0 Å². The van der Waals surface area contributed by atoms with Crippen molar-refractivity contribution in [3.05, 3.63) is 30.1 Å². The molecule has 6 nitrogen and oxygen atoms in total. The molecule has 1 unspecified atom stereocenters. The molecule has 1 atom stereocenters. The maximum Gasteiger partial charge on any atom is 0.222 e. The van der Waals surface area contributed by atoms with Gasteiger partial charge in [0.15, 0.2) is 17.5 Å². The van der Waals surface area contributed by atoms with E-state index in [1.165, 1.54) is 6.07 Å². The van der Waals surface area contributed by atoms with Gasteiger partial charge in [-0.05, 0) is 26.0 Å². The lowest BCUT2D eigenvalue weighted by Gasteiger charge is -2.16. The number of rotatable bonds is 9. The summed E-state index contributed by atoms with van der Waals surface area (Å²) in [5.41, 5.74) is 0. The molecule has 140 valence electrons. The number of amides is 1. The molecule has 7 heteroatoms. The smallest absolute Gasteiger partial charge is 0.222 e. The molecule has 0 saturated carbocycles. The van der Waals surface area contributed by atoms with Crippen molar-refractivity contribution in [1.82, 2.24) is 16.0 Å². The zero-order valence-electron chi connectivity index (χ0n) is 15.4. The van der Waals surface area contributed by atoms with Gasteiger partial charge in [-0.25, -0.2) is 9.38 Å². The quantitative estimate of drug-likeness (QED) is 0.361. The van der Waals surface area contributed by atoms with E-state index in [1.807, 2.05) is 27.7 Å². The van der Waals surface area contributed by atoms with Crippen molar-refractivity contribution in [2.24, 2.45) is 10.9 Å². The summed E-state index contributed by atoms with van der Waals surface area (Å²) in [6.07, 6.45) is -0.270. The van der Waals surface area contributed by atoms with Crippen molar-refractivity contribution in [2.45, 2.75) is 33.8 Å². The fourth-order valence-electron chi connectivity index (χ4n) is 1.93. The van der Waals surface area contributed by atoms with E-state index in [1.54, 1.807) is 18.2 Å². The van der Waals surface area contributed by atoms with Gasteiger partial charge in [0.1, 0.15) is 6.10 Å². The summed E-state index contributed by atoms with van der Waals surface area (Å²) in [5, 5.41) is 9.09. The van der Waals surface area contributed by atoms with E-state index in [0.717, 1.165) is 0 Å². The lowest BCUT2D eigenvalue weighted by molar-refractivity contribution is -0.123. The first-order valence-corrected chi connectivity index (χ1v) is 8.65. The topological polar surface area (TPSA) is 74.8 Å². The number of hydrogen-bond acceptors (Lipinski definition) is 3. The monoisotopic (exact) mass is 352 g/mol. The minimum Gasteiger partial charge on any atom is -0.486 e. The standard InChI is InChI=1S/C18H29FN4O2/c1-5-20-18(22-11-10-21-17(24)13(2)3)23-12-14(4)25-16-9-7-6-8-15(16)19/h6-9,13-14H,5,10-12H2,1-4H3,(H,21,24)(H2,20,22,23). The van der Waals surface area contributed by atoms with Crippen LogP contribution in [0.4, 0.5) is 4.39 Å². The Balaban J connectivity index is 2.43. The van der Waals surface area contributed by atoms with Gasteiger partial charge < -0.3 is 20.7 Å². The highest BCUT2D eigenvalue weighted by Gasteiger charge is 2.08. The summed E-state index contributed by atoms with van der Waals surface area (Å²) in [6.45, 7) is 9.68. The number of nitrogens with zero attached hydrogens (tertiary/aromatic N) is 1. The van der Waals surface area contributed by atoms with Gasteiger partial charge in [0.25, 0.3) is 0 Å². The Labute approximate surface area is 149 Å². The van der Waals surface area contributed by atoms with Crippen LogP contribution in [0.15, 0.2) is 29.3 Å². The van der Waals surface area contributed by atoms with Crippen molar-refractivity contribution in [3.8, 4) is 5.75 Å². The van der Waals surface area contributed by atoms with Crippen LogP contribution in [0.25, 0.3) is 0 Å². The number of benzene rings is 1. The summed E-state index contributed by atoms with van der Waals surface area (Å²) < 4.78 is 19.1. The molecule has 0 heterocycles. The molecule has 0 bridgehead atoms. The molecule has 0 aliphatic rings. The molecule has 0 saturated heterocycles. The normalized spacial score (nSPS) is 12.6. The Morgan fingerprint density at radius 3 is 2.48 bits per heavy atom. The molecule has 0 aliphatic carbocycles. The second-order valence-corrected chi connectivity index (χ2v) is 5.95. The highest BCUT2D eigenvalue weighted by Crippen LogP contribution is 2.16. The Bertz CT molecular complexity index is 564. The van der Waals surface area contributed by atoms with Crippen molar-refractivity contribution in [1.29, 1.82) is 0 Å². The van der Waals surface area contributed by atoms with Crippen molar-refractivity contribution in [3.63, 3.8) is 0 Å². The summed E-state index contributed by atoms with van der Waals surface area (Å²) >= 11 is 0. The predicted octanol–water partition coefficient (Wildman–Crippen LogP) is 1.92. The number of ether oxygens (including phenoxy) is 1. The van der Waals surface area contributed by atoms with E-state index >= 15 is 0 Å². The maximum atomic E-state index is 13.6. The molecular weight excluding hydrogens is 323 g/mol. The molecule has 1 amide bonds. The summed E-state index contributed by atoms with van der Waals surface area (Å²) in [4.78, 5) is 15.9. The minimum absolute atomic E-state index is 0.0237. The number of guanidine groups is 1. The van der Waals surface area contributed by atoms with Crippen LogP contribution in [0.5, 0.6) is 5.75 Å². The zero-order valence-corrected chi connectivity index (χ0v) is 15.4. The number of aliphatic imine (C=N–C) groups is 1. The number of hydrogen-bond donors (Lipinski definition) is 3. The van der Waals surface area contributed by atoms with Gasteiger partial charge in [-0.15, -0.1) is 0 Å². The number of para-hydroxylation sites is 1. The summed E-state index contributed by atoms with van der Waals surface area (Å²) in [6, 6.07) is 6.31. The van der Waals surface area contributed by atoms with E-state index in [2.05, 4.69) is 20.9 Å². The first-order valence-electron chi connectivity index (χ1n) is 8.65. The average molecular weight is 352 g/mol. The lowest BCUT2D eigenvalue weighted by Crippen LogP contribution is -2.42. The Kier molecular flexibility index (Phi) is 9.36.